The van der Waals surface area contributed by atoms with Crippen molar-refractivity contribution in [3.63, 3.8) is 0 Å². The van der Waals surface area contributed by atoms with Crippen LogP contribution in [0.5, 0.6) is 0 Å². The Labute approximate surface area is 159 Å². The Morgan fingerprint density at radius 1 is 0.808 bits per heavy atom. The summed E-state index contributed by atoms with van der Waals surface area (Å²) in [5.41, 5.74) is 7.04. The lowest BCUT2D eigenvalue weighted by Crippen LogP contribution is -2.28. The molecule has 3 aromatic carbocycles. The molecule has 2 N–H and O–H groups in total. The summed E-state index contributed by atoms with van der Waals surface area (Å²) in [6.45, 7) is 0. The number of nitrogens with one attached hydrogen (secondary N) is 2. The number of thiocarbonyl (C=S) groups is 1. The van der Waals surface area contributed by atoms with E-state index in [-0.39, 0.29) is 0 Å². The van der Waals surface area contributed by atoms with Gasteiger partial charge in [-0.05, 0) is 54.2 Å². The quantitative estimate of drug-likeness (QED) is 0.397. The Balaban J connectivity index is 1.87. The molecule has 0 spiro atoms. The molecule has 130 valence electrons. The van der Waals surface area contributed by atoms with E-state index in [0.29, 0.717) is 5.11 Å². The molecular formula is C21H20N4S. The molecule has 0 aliphatic carbocycles. The number of para-hydroxylation sites is 2. The van der Waals surface area contributed by atoms with Gasteiger partial charge in [0.05, 0.1) is 6.21 Å². The minimum Gasteiger partial charge on any atom is -0.364 e. The number of benzene rings is 3. The molecule has 0 radical (unpaired) electrons. The summed E-state index contributed by atoms with van der Waals surface area (Å²) in [5.74, 6) is 0. The average Bonchev–Trinajstić information content (AvgIpc) is 2.71. The standard InChI is InChI=1S/C21H20N4S/c1-22-21(26)24-23-16-17-12-14-20(15-13-17)25(18-8-4-2-5-9-18)19-10-6-3-7-11-19/h2-16H,1H3,(H2,22,24,26). The third-order valence-corrected chi connectivity index (χ3v) is 4.08. The summed E-state index contributed by atoms with van der Waals surface area (Å²) in [7, 11) is 1.75. The Kier molecular flexibility index (Phi) is 5.96. The molecule has 0 bridgehead atoms. The molecule has 5 heteroatoms. The van der Waals surface area contributed by atoms with Crippen molar-refractivity contribution < 1.29 is 0 Å². The molecule has 0 amide bonds. The van der Waals surface area contributed by atoms with Gasteiger partial charge in [-0.15, -0.1) is 0 Å². The number of hydrogen-bond donors (Lipinski definition) is 2. The topological polar surface area (TPSA) is 39.7 Å². The highest BCUT2D eigenvalue weighted by molar-refractivity contribution is 7.80. The molecule has 0 unspecified atom stereocenters. The SMILES string of the molecule is CNC(=S)NN=Cc1ccc(N(c2ccccc2)c2ccccc2)cc1. The number of rotatable bonds is 5. The largest absolute Gasteiger partial charge is 0.364 e. The number of anilines is 3. The zero-order valence-corrected chi connectivity index (χ0v) is 15.3. The van der Waals surface area contributed by atoms with Gasteiger partial charge in [0.15, 0.2) is 5.11 Å². The highest BCUT2D eigenvalue weighted by Crippen LogP contribution is 2.33. The lowest BCUT2D eigenvalue weighted by molar-refractivity contribution is 0.982. The van der Waals surface area contributed by atoms with Crippen LogP contribution in [-0.4, -0.2) is 18.4 Å². The van der Waals surface area contributed by atoms with E-state index in [9.17, 15) is 0 Å². The Morgan fingerprint density at radius 2 is 1.31 bits per heavy atom. The highest BCUT2D eigenvalue weighted by atomic mass is 32.1. The minimum atomic E-state index is 0.484. The molecule has 0 heterocycles. The van der Waals surface area contributed by atoms with Crippen molar-refractivity contribution in [2.75, 3.05) is 11.9 Å². The van der Waals surface area contributed by atoms with Gasteiger partial charge in [-0.2, -0.15) is 5.10 Å². The molecule has 0 aliphatic rings. The second-order valence-electron chi connectivity index (χ2n) is 5.55. The molecule has 3 aromatic rings. The number of nitrogens with zero attached hydrogens (tertiary/aromatic N) is 2. The van der Waals surface area contributed by atoms with Crippen LogP contribution < -0.4 is 15.6 Å². The molecule has 0 saturated heterocycles. The molecule has 3 rings (SSSR count). The third kappa shape index (κ3) is 4.46. The van der Waals surface area contributed by atoms with Crippen molar-refractivity contribution >= 4 is 40.6 Å². The van der Waals surface area contributed by atoms with E-state index in [0.717, 1.165) is 22.6 Å². The summed E-state index contributed by atoms with van der Waals surface area (Å²) in [6, 6.07) is 28.9. The van der Waals surface area contributed by atoms with Gasteiger partial charge in [0.25, 0.3) is 0 Å². The summed E-state index contributed by atoms with van der Waals surface area (Å²) in [6.07, 6.45) is 1.74. The molecule has 0 aliphatic heterocycles. The molecule has 0 saturated carbocycles. The van der Waals surface area contributed by atoms with Crippen molar-refractivity contribution in [3.8, 4) is 0 Å². The van der Waals surface area contributed by atoms with Crippen LogP contribution in [-0.2, 0) is 0 Å². The fourth-order valence-electron chi connectivity index (χ4n) is 2.53. The van der Waals surface area contributed by atoms with Crippen LogP contribution >= 0.6 is 12.2 Å². The molecule has 4 nitrogen and oxygen atoms in total. The Morgan fingerprint density at radius 3 is 1.81 bits per heavy atom. The summed E-state index contributed by atoms with van der Waals surface area (Å²) < 4.78 is 0. The Hall–Kier alpha value is -3.18. The maximum absolute atomic E-state index is 4.99. The third-order valence-electron chi connectivity index (χ3n) is 3.79. The van der Waals surface area contributed by atoms with Crippen molar-refractivity contribution in [1.29, 1.82) is 0 Å². The van der Waals surface area contributed by atoms with Gasteiger partial charge in [0, 0.05) is 24.1 Å². The zero-order chi connectivity index (χ0) is 18.2. The lowest BCUT2D eigenvalue weighted by Gasteiger charge is -2.25. The predicted molar refractivity (Wildman–Crippen MR) is 114 cm³/mol. The van der Waals surface area contributed by atoms with Crippen LogP contribution in [0.4, 0.5) is 17.1 Å². The summed E-state index contributed by atoms with van der Waals surface area (Å²) >= 11 is 4.99. The van der Waals surface area contributed by atoms with Crippen LogP contribution in [0.25, 0.3) is 0 Å². The van der Waals surface area contributed by atoms with E-state index in [4.69, 9.17) is 12.2 Å². The normalized spacial score (nSPS) is 10.5. The van der Waals surface area contributed by atoms with E-state index in [1.165, 1.54) is 0 Å². The predicted octanol–water partition coefficient (Wildman–Crippen LogP) is 4.58. The van der Waals surface area contributed by atoms with Gasteiger partial charge in [0.1, 0.15) is 0 Å². The first kappa shape index (κ1) is 17.6. The van der Waals surface area contributed by atoms with Crippen LogP contribution in [0.15, 0.2) is 90.0 Å². The van der Waals surface area contributed by atoms with Crippen LogP contribution in [0.2, 0.25) is 0 Å². The molecule has 0 atom stereocenters. The van der Waals surface area contributed by atoms with Crippen molar-refractivity contribution in [2.45, 2.75) is 0 Å². The first-order chi connectivity index (χ1) is 12.8. The fraction of sp³-hybridized carbons (Fsp3) is 0.0476. The molecule has 26 heavy (non-hydrogen) atoms. The number of hydrogen-bond acceptors (Lipinski definition) is 3. The summed E-state index contributed by atoms with van der Waals surface area (Å²) in [5, 5.41) is 7.41. The van der Waals surface area contributed by atoms with Gasteiger partial charge in [-0.1, -0.05) is 48.5 Å². The van der Waals surface area contributed by atoms with Crippen molar-refractivity contribution in [1.82, 2.24) is 10.7 Å². The zero-order valence-electron chi connectivity index (χ0n) is 14.5. The van der Waals surface area contributed by atoms with Crippen molar-refractivity contribution in [3.05, 3.63) is 90.5 Å². The molecule has 0 aromatic heterocycles. The minimum absolute atomic E-state index is 0.484. The first-order valence-corrected chi connectivity index (χ1v) is 8.70. The maximum Gasteiger partial charge on any atom is 0.186 e. The van der Waals surface area contributed by atoms with Crippen LogP contribution in [0, 0.1) is 0 Å². The van der Waals surface area contributed by atoms with Crippen LogP contribution in [0.1, 0.15) is 5.56 Å². The van der Waals surface area contributed by atoms with Gasteiger partial charge >= 0.3 is 0 Å². The fourth-order valence-corrected chi connectivity index (χ4v) is 2.58. The van der Waals surface area contributed by atoms with E-state index < -0.39 is 0 Å². The summed E-state index contributed by atoms with van der Waals surface area (Å²) in [4.78, 5) is 2.22. The lowest BCUT2D eigenvalue weighted by atomic mass is 10.1. The monoisotopic (exact) mass is 360 g/mol. The smallest absolute Gasteiger partial charge is 0.186 e. The van der Waals surface area contributed by atoms with E-state index in [1.807, 2.05) is 48.5 Å². The highest BCUT2D eigenvalue weighted by Gasteiger charge is 2.11. The van der Waals surface area contributed by atoms with Gasteiger partial charge in [0.2, 0.25) is 0 Å². The molecule has 0 fully saturated rings. The van der Waals surface area contributed by atoms with Crippen molar-refractivity contribution in [2.24, 2.45) is 5.10 Å². The van der Waals surface area contributed by atoms with Gasteiger partial charge in [-0.25, -0.2) is 0 Å². The van der Waals surface area contributed by atoms with E-state index >= 15 is 0 Å². The van der Waals surface area contributed by atoms with Crippen LogP contribution in [0.3, 0.4) is 0 Å². The first-order valence-electron chi connectivity index (χ1n) is 8.29. The van der Waals surface area contributed by atoms with Gasteiger partial charge in [-0.3, -0.25) is 5.43 Å². The maximum atomic E-state index is 4.99. The van der Waals surface area contributed by atoms with E-state index in [2.05, 4.69) is 57.1 Å². The number of hydrazone groups is 1. The average molecular weight is 360 g/mol. The second-order valence-corrected chi connectivity index (χ2v) is 5.96. The Bertz CT molecular complexity index is 822. The van der Waals surface area contributed by atoms with Gasteiger partial charge < -0.3 is 10.2 Å². The second kappa shape index (κ2) is 8.78. The van der Waals surface area contributed by atoms with E-state index in [1.54, 1.807) is 13.3 Å². The molecular weight excluding hydrogens is 340 g/mol.